The molecule has 48 heavy (non-hydrogen) atoms. The lowest BCUT2D eigenvalue weighted by Gasteiger charge is -2.16. The van der Waals surface area contributed by atoms with Gasteiger partial charge in [-0.3, -0.25) is 0 Å². The number of benzene rings is 8. The van der Waals surface area contributed by atoms with Crippen LogP contribution in [0.4, 0.5) is 0 Å². The monoisotopic (exact) mass is 631 g/mol. The summed E-state index contributed by atoms with van der Waals surface area (Å²) in [4.78, 5) is 16.6. The molecule has 5 heteroatoms. The van der Waals surface area contributed by atoms with Crippen molar-refractivity contribution < 1.29 is 4.21 Å². The number of rotatable bonds is 3. The summed E-state index contributed by atoms with van der Waals surface area (Å²) in [6, 6.07) is 51.8. The van der Waals surface area contributed by atoms with Gasteiger partial charge in [0.25, 0.3) is 0 Å². The molecule has 0 N–H and O–H groups in total. The van der Waals surface area contributed by atoms with Gasteiger partial charge in [-0.2, -0.15) is 0 Å². The van der Waals surface area contributed by atoms with Gasteiger partial charge in [-0.1, -0.05) is 140 Å². The Balaban J connectivity index is 1.30. The quantitative estimate of drug-likeness (QED) is 0.182. The van der Waals surface area contributed by atoms with Crippen molar-refractivity contribution in [1.82, 2.24) is 15.0 Å². The predicted octanol–water partition coefficient (Wildman–Crippen LogP) is 10.6. The van der Waals surface area contributed by atoms with Crippen LogP contribution in [0.15, 0.2) is 161 Å². The number of nitrogens with zero attached hydrogens (tertiary/aromatic N) is 3. The van der Waals surface area contributed by atoms with E-state index in [2.05, 4.69) is 91.0 Å². The molecule has 0 saturated carbocycles. The number of fused-ring (bicyclic) bond motifs is 12. The van der Waals surface area contributed by atoms with E-state index in [9.17, 15) is 4.21 Å². The number of hydrogen-bond donors (Lipinski definition) is 0. The molecule has 0 amide bonds. The number of hydrogen-bond acceptors (Lipinski definition) is 4. The maximum atomic E-state index is 14.6. The SMILES string of the molecule is O=S1c2cc(-c3nc(-c4ccccc4)nc(-c4ccccc4)n3)c3ccccc3c2-c2c1ccc1c3ccccc3c3ccccc3c21. The molecule has 0 spiro atoms. The van der Waals surface area contributed by atoms with Gasteiger partial charge in [0, 0.05) is 27.8 Å². The Bertz CT molecular complexity index is 2700. The molecule has 10 rings (SSSR count). The van der Waals surface area contributed by atoms with Crippen LogP contribution < -0.4 is 0 Å². The molecule has 0 fully saturated rings. The summed E-state index contributed by atoms with van der Waals surface area (Å²) < 4.78 is 14.6. The highest BCUT2D eigenvalue weighted by Gasteiger charge is 2.32. The van der Waals surface area contributed by atoms with Crippen LogP contribution in [0.1, 0.15) is 0 Å². The van der Waals surface area contributed by atoms with E-state index >= 15 is 0 Å². The molecule has 0 aliphatic carbocycles. The van der Waals surface area contributed by atoms with E-state index in [4.69, 9.17) is 15.0 Å². The highest BCUT2D eigenvalue weighted by Crippen LogP contribution is 2.52. The van der Waals surface area contributed by atoms with Gasteiger partial charge >= 0.3 is 0 Å². The van der Waals surface area contributed by atoms with Crippen LogP contribution in [-0.2, 0) is 10.8 Å². The summed E-state index contributed by atoms with van der Waals surface area (Å²) >= 11 is 0. The van der Waals surface area contributed by atoms with Crippen LogP contribution in [0.5, 0.6) is 0 Å². The Morgan fingerprint density at radius 3 is 1.44 bits per heavy atom. The lowest BCUT2D eigenvalue weighted by Crippen LogP contribution is -2.01. The van der Waals surface area contributed by atoms with E-state index in [1.807, 2.05) is 60.7 Å². The summed E-state index contributed by atoms with van der Waals surface area (Å²) in [6.07, 6.45) is 0. The topological polar surface area (TPSA) is 55.7 Å². The van der Waals surface area contributed by atoms with Gasteiger partial charge in [-0.25, -0.2) is 19.2 Å². The van der Waals surface area contributed by atoms with Crippen molar-refractivity contribution in [3.8, 4) is 45.3 Å². The first-order valence-corrected chi connectivity index (χ1v) is 17.1. The van der Waals surface area contributed by atoms with Gasteiger partial charge in [0.1, 0.15) is 0 Å². The third-order valence-corrected chi connectivity index (χ3v) is 10.9. The molecule has 1 atom stereocenters. The van der Waals surface area contributed by atoms with Gasteiger partial charge in [0.05, 0.1) is 20.6 Å². The second kappa shape index (κ2) is 10.5. The van der Waals surface area contributed by atoms with Crippen molar-refractivity contribution in [1.29, 1.82) is 0 Å². The van der Waals surface area contributed by atoms with E-state index < -0.39 is 10.8 Å². The molecule has 0 saturated heterocycles. The minimum Gasteiger partial charge on any atom is -0.249 e. The minimum absolute atomic E-state index is 0.552. The van der Waals surface area contributed by atoms with Gasteiger partial charge < -0.3 is 0 Å². The molecule has 8 aromatic carbocycles. The minimum atomic E-state index is -1.40. The zero-order valence-corrected chi connectivity index (χ0v) is 26.4. The molecule has 1 aromatic heterocycles. The van der Waals surface area contributed by atoms with Crippen LogP contribution >= 0.6 is 0 Å². The summed E-state index contributed by atoms with van der Waals surface area (Å²) in [6.45, 7) is 0. The fourth-order valence-electron chi connectivity index (χ4n) is 7.37. The first-order chi connectivity index (χ1) is 23.7. The van der Waals surface area contributed by atoms with Crippen LogP contribution in [0.3, 0.4) is 0 Å². The average molecular weight is 632 g/mol. The molecule has 1 aliphatic heterocycles. The fourth-order valence-corrected chi connectivity index (χ4v) is 8.81. The summed E-state index contributed by atoms with van der Waals surface area (Å²) in [7, 11) is -1.40. The zero-order valence-electron chi connectivity index (χ0n) is 25.6. The van der Waals surface area contributed by atoms with Crippen molar-refractivity contribution in [2.24, 2.45) is 0 Å². The number of aromatic nitrogens is 3. The van der Waals surface area contributed by atoms with Gasteiger partial charge in [-0.15, -0.1) is 0 Å². The first kappa shape index (κ1) is 27.1. The second-order valence-corrected chi connectivity index (χ2v) is 13.5. The third-order valence-electron chi connectivity index (χ3n) is 9.47. The van der Waals surface area contributed by atoms with Crippen molar-refractivity contribution in [2.75, 3.05) is 0 Å². The molecule has 1 aliphatic rings. The van der Waals surface area contributed by atoms with Crippen molar-refractivity contribution in [3.05, 3.63) is 152 Å². The summed E-state index contributed by atoms with van der Waals surface area (Å²) in [5.41, 5.74) is 4.73. The predicted molar refractivity (Wildman–Crippen MR) is 196 cm³/mol. The molecule has 2 heterocycles. The molecule has 9 aromatic rings. The Kier molecular flexibility index (Phi) is 5.92. The standard InChI is InChI=1S/C43H25N3OS/c47-48-36-24-23-34-30-19-8-7-17-28(30)29-18-9-11-21-32(29)38(34)40(36)39-33-22-12-10-20-31(33)35(25-37(39)48)43-45-41(26-13-3-1-4-14-26)44-42(46-43)27-15-5-2-6-16-27/h1-25H. The normalized spacial score (nSPS) is 13.7. The highest BCUT2D eigenvalue weighted by molar-refractivity contribution is 7.85. The second-order valence-electron chi connectivity index (χ2n) is 12.1. The fraction of sp³-hybridized carbons (Fsp3) is 0. The summed E-state index contributed by atoms with van der Waals surface area (Å²) in [5, 5.41) is 9.12. The van der Waals surface area contributed by atoms with E-state index in [0.29, 0.717) is 17.5 Å². The van der Waals surface area contributed by atoms with Crippen LogP contribution in [0, 0.1) is 0 Å². The average Bonchev–Trinajstić information content (AvgIpc) is 3.46. The van der Waals surface area contributed by atoms with Crippen molar-refractivity contribution >= 4 is 53.9 Å². The molecule has 224 valence electrons. The molecule has 1 unspecified atom stereocenters. The third kappa shape index (κ3) is 3.95. The smallest absolute Gasteiger partial charge is 0.164 e. The van der Waals surface area contributed by atoms with Crippen molar-refractivity contribution in [2.45, 2.75) is 9.79 Å². The van der Waals surface area contributed by atoms with Crippen LogP contribution in [0.25, 0.3) is 88.4 Å². The van der Waals surface area contributed by atoms with Gasteiger partial charge in [-0.05, 0) is 55.2 Å². The Morgan fingerprint density at radius 2 is 0.833 bits per heavy atom. The van der Waals surface area contributed by atoms with Crippen LogP contribution in [0.2, 0.25) is 0 Å². The van der Waals surface area contributed by atoms with E-state index in [-0.39, 0.29) is 0 Å². The molecule has 0 bridgehead atoms. The molecule has 0 radical (unpaired) electrons. The maximum Gasteiger partial charge on any atom is 0.164 e. The lowest BCUT2D eigenvalue weighted by molar-refractivity contribution is 0.685. The van der Waals surface area contributed by atoms with E-state index in [1.165, 1.54) is 26.9 Å². The molecular formula is C43H25N3OS. The first-order valence-electron chi connectivity index (χ1n) is 16.0. The molecule has 4 nitrogen and oxygen atoms in total. The highest BCUT2D eigenvalue weighted by atomic mass is 32.2. The zero-order chi connectivity index (χ0) is 31.8. The van der Waals surface area contributed by atoms with Crippen molar-refractivity contribution in [3.63, 3.8) is 0 Å². The summed E-state index contributed by atoms with van der Waals surface area (Å²) in [5.74, 6) is 1.74. The van der Waals surface area contributed by atoms with Crippen LogP contribution in [-0.4, -0.2) is 19.2 Å². The van der Waals surface area contributed by atoms with E-state index in [0.717, 1.165) is 53.8 Å². The lowest BCUT2D eigenvalue weighted by atomic mass is 9.87. The molecular weight excluding hydrogens is 607 g/mol. The Morgan fingerprint density at radius 1 is 0.375 bits per heavy atom. The largest absolute Gasteiger partial charge is 0.249 e. The van der Waals surface area contributed by atoms with Gasteiger partial charge in [0.15, 0.2) is 17.5 Å². The Labute approximate surface area is 278 Å². The van der Waals surface area contributed by atoms with Gasteiger partial charge in [0.2, 0.25) is 0 Å². The Hall–Kier alpha value is -6.04. The van der Waals surface area contributed by atoms with E-state index in [1.54, 1.807) is 0 Å². The maximum absolute atomic E-state index is 14.6.